The second-order valence-electron chi connectivity index (χ2n) is 11.8. The number of methoxy groups -OCH3 is 1. The van der Waals surface area contributed by atoms with Crippen molar-refractivity contribution >= 4 is 27.5 Å². The zero-order chi connectivity index (χ0) is 30.5. The summed E-state index contributed by atoms with van der Waals surface area (Å²) < 4.78 is 20.4. The molecule has 0 radical (unpaired) electrons. The Kier molecular flexibility index (Phi) is 7.78. The molecular weight excluding hydrogens is 572 g/mol. The minimum Gasteiger partial charge on any atom is -0.496 e. The molecule has 11 nitrogen and oxygen atoms in total. The van der Waals surface area contributed by atoms with Crippen LogP contribution in [0.1, 0.15) is 56.8 Å². The van der Waals surface area contributed by atoms with E-state index in [9.17, 15) is 19.5 Å². The number of hydrogen-bond acceptors (Lipinski definition) is 9. The van der Waals surface area contributed by atoms with E-state index >= 15 is 0 Å². The predicted molar refractivity (Wildman–Crippen MR) is 162 cm³/mol. The molecule has 3 unspecified atom stereocenters. The number of thiophene rings is 1. The number of fused-ring (bicyclic) bond motifs is 2. The molecule has 2 aliphatic heterocycles. The van der Waals surface area contributed by atoms with Gasteiger partial charge in [0.1, 0.15) is 28.5 Å². The SMILES string of the molecule is COc1ccccc1C(Cn1c(=O)n(C(C)(C)C(=O)O)c(=O)c2c(C)c(-c3ncco3)sc21)OC1CCN2CCCC2C1. The van der Waals surface area contributed by atoms with Gasteiger partial charge in [-0.25, -0.2) is 19.1 Å². The van der Waals surface area contributed by atoms with Crippen LogP contribution in [0.2, 0.25) is 0 Å². The molecule has 0 bridgehead atoms. The number of carboxylic acid groups (broad SMARTS) is 1. The second kappa shape index (κ2) is 11.4. The van der Waals surface area contributed by atoms with E-state index < -0.39 is 28.9 Å². The number of aliphatic carboxylic acids is 1. The zero-order valence-electron chi connectivity index (χ0n) is 24.7. The Morgan fingerprint density at radius 1 is 1.23 bits per heavy atom. The first-order valence-electron chi connectivity index (χ1n) is 14.6. The summed E-state index contributed by atoms with van der Waals surface area (Å²) >= 11 is 1.22. The quantitative estimate of drug-likeness (QED) is 0.294. The van der Waals surface area contributed by atoms with Crippen molar-refractivity contribution in [1.82, 2.24) is 19.0 Å². The van der Waals surface area contributed by atoms with E-state index in [1.54, 1.807) is 14.0 Å². The molecule has 1 aromatic carbocycles. The Bertz CT molecular complexity index is 1770. The number of oxazole rings is 1. The van der Waals surface area contributed by atoms with Crippen molar-refractivity contribution in [3.63, 3.8) is 0 Å². The molecule has 2 fully saturated rings. The molecule has 0 amide bonds. The summed E-state index contributed by atoms with van der Waals surface area (Å²) in [5.74, 6) is -0.349. The molecule has 1 N–H and O–H groups in total. The van der Waals surface area contributed by atoms with Gasteiger partial charge in [-0.15, -0.1) is 11.3 Å². The van der Waals surface area contributed by atoms with Gasteiger partial charge < -0.3 is 23.9 Å². The van der Waals surface area contributed by atoms with Crippen molar-refractivity contribution in [2.24, 2.45) is 0 Å². The lowest BCUT2D eigenvalue weighted by Crippen LogP contribution is -2.52. The molecule has 6 rings (SSSR count). The van der Waals surface area contributed by atoms with Gasteiger partial charge in [0.05, 0.1) is 36.2 Å². The van der Waals surface area contributed by atoms with Gasteiger partial charge in [-0.1, -0.05) is 18.2 Å². The fourth-order valence-electron chi connectivity index (χ4n) is 6.49. The highest BCUT2D eigenvalue weighted by Gasteiger charge is 2.37. The predicted octanol–water partition coefficient (Wildman–Crippen LogP) is 4.40. The lowest BCUT2D eigenvalue weighted by atomic mass is 9.99. The van der Waals surface area contributed by atoms with E-state index in [2.05, 4.69) is 9.88 Å². The van der Waals surface area contributed by atoms with Crippen LogP contribution in [0.5, 0.6) is 5.75 Å². The van der Waals surface area contributed by atoms with Gasteiger partial charge in [0.15, 0.2) is 0 Å². The van der Waals surface area contributed by atoms with E-state index in [1.807, 2.05) is 24.3 Å². The molecule has 0 spiro atoms. The van der Waals surface area contributed by atoms with E-state index in [4.69, 9.17) is 13.9 Å². The Morgan fingerprint density at radius 3 is 2.74 bits per heavy atom. The number of para-hydroxylation sites is 1. The minimum atomic E-state index is -1.81. The number of carbonyl (C=O) groups is 1. The van der Waals surface area contributed by atoms with Crippen LogP contribution in [0.25, 0.3) is 21.0 Å². The molecule has 3 aromatic heterocycles. The average Bonchev–Trinajstić information content (AvgIpc) is 3.74. The topological polar surface area (TPSA) is 129 Å². The second-order valence-corrected chi connectivity index (χ2v) is 12.8. The van der Waals surface area contributed by atoms with Crippen LogP contribution >= 0.6 is 11.3 Å². The van der Waals surface area contributed by atoms with E-state index in [0.29, 0.717) is 33.0 Å². The fourth-order valence-corrected chi connectivity index (χ4v) is 7.73. The maximum atomic E-state index is 14.3. The number of aryl methyl sites for hydroxylation is 1. The zero-order valence-corrected chi connectivity index (χ0v) is 25.6. The number of piperidine rings is 1. The Balaban J connectivity index is 1.53. The summed E-state index contributed by atoms with van der Waals surface area (Å²) in [7, 11) is 1.60. The summed E-state index contributed by atoms with van der Waals surface area (Å²) in [5.41, 5.74) is -1.86. The summed E-state index contributed by atoms with van der Waals surface area (Å²) in [6, 6.07) is 8.03. The van der Waals surface area contributed by atoms with Gasteiger partial charge in [-0.2, -0.15) is 0 Å². The average molecular weight is 609 g/mol. The lowest BCUT2D eigenvalue weighted by molar-refractivity contribution is -0.146. The molecule has 2 aliphatic rings. The number of ether oxygens (including phenoxy) is 2. The third-order valence-corrected chi connectivity index (χ3v) is 10.2. The van der Waals surface area contributed by atoms with Crippen molar-refractivity contribution in [1.29, 1.82) is 0 Å². The molecule has 12 heteroatoms. The maximum Gasteiger partial charge on any atom is 0.333 e. The Labute approximate surface area is 252 Å². The summed E-state index contributed by atoms with van der Waals surface area (Å²) in [6.45, 7) is 6.59. The first kappa shape index (κ1) is 29.3. The van der Waals surface area contributed by atoms with Gasteiger partial charge in [-0.3, -0.25) is 9.36 Å². The molecule has 4 aromatic rings. The molecule has 0 aliphatic carbocycles. The number of rotatable bonds is 9. The van der Waals surface area contributed by atoms with E-state index in [1.165, 1.54) is 48.6 Å². The van der Waals surface area contributed by atoms with Crippen molar-refractivity contribution in [3.05, 3.63) is 68.7 Å². The Morgan fingerprint density at radius 2 is 2.02 bits per heavy atom. The van der Waals surface area contributed by atoms with E-state index in [-0.39, 0.29) is 18.0 Å². The van der Waals surface area contributed by atoms with Gasteiger partial charge in [-0.05, 0) is 64.6 Å². The summed E-state index contributed by atoms with van der Waals surface area (Å²) in [4.78, 5) is 48.3. The van der Waals surface area contributed by atoms with Gasteiger partial charge in [0, 0.05) is 18.2 Å². The third-order valence-electron chi connectivity index (χ3n) is 8.88. The van der Waals surface area contributed by atoms with E-state index in [0.717, 1.165) is 42.5 Å². The van der Waals surface area contributed by atoms with Crippen molar-refractivity contribution < 1.29 is 23.8 Å². The van der Waals surface area contributed by atoms with Gasteiger partial charge in [0.2, 0.25) is 5.89 Å². The van der Waals surface area contributed by atoms with Crippen LogP contribution in [0.15, 0.2) is 50.7 Å². The molecular formula is C31H36N4O7S. The number of carboxylic acids is 1. The summed E-state index contributed by atoms with van der Waals surface area (Å²) in [6.07, 6.45) is 6.41. The largest absolute Gasteiger partial charge is 0.496 e. The third kappa shape index (κ3) is 5.11. The number of nitrogens with zero attached hydrogens (tertiary/aromatic N) is 4. The fraction of sp³-hybridized carbons (Fsp3) is 0.484. The first-order valence-corrected chi connectivity index (χ1v) is 15.4. The molecule has 228 valence electrons. The van der Waals surface area contributed by atoms with Crippen LogP contribution in [-0.4, -0.2) is 62.4 Å². The molecule has 43 heavy (non-hydrogen) atoms. The molecule has 0 saturated carbocycles. The van der Waals surface area contributed by atoms with Crippen molar-refractivity contribution in [2.75, 3.05) is 20.2 Å². The number of benzene rings is 1. The number of hydrogen-bond donors (Lipinski definition) is 1. The molecule has 3 atom stereocenters. The van der Waals surface area contributed by atoms with Gasteiger partial charge >= 0.3 is 11.7 Å². The highest BCUT2D eigenvalue weighted by Crippen LogP contribution is 2.38. The van der Waals surface area contributed by atoms with Crippen molar-refractivity contribution in [3.8, 4) is 16.5 Å². The smallest absolute Gasteiger partial charge is 0.333 e. The van der Waals surface area contributed by atoms with Crippen LogP contribution < -0.4 is 16.0 Å². The standard InChI is InChI=1S/C31H36N4O7S/c1-18-24-27(36)35(31(2,3)29(37)38)30(39)34(28(24)43-25(18)26-32-12-15-41-26)17-23(21-9-5-6-10-22(21)40-4)42-20-11-14-33-13-7-8-19(33)16-20/h5-6,9-10,12,15,19-20,23H,7-8,11,13-14,16-17H2,1-4H3,(H,37,38). The van der Waals surface area contributed by atoms with Gasteiger partial charge in [0.25, 0.3) is 5.56 Å². The first-order chi connectivity index (χ1) is 20.6. The lowest BCUT2D eigenvalue weighted by Gasteiger charge is -2.37. The highest BCUT2D eigenvalue weighted by molar-refractivity contribution is 7.22. The molecule has 2 saturated heterocycles. The van der Waals surface area contributed by atoms with Crippen LogP contribution in [-0.2, 0) is 21.6 Å². The minimum absolute atomic E-state index is 0.0326. The monoisotopic (exact) mass is 608 g/mol. The maximum absolute atomic E-state index is 14.3. The summed E-state index contributed by atoms with van der Waals surface area (Å²) in [5, 5.41) is 10.3. The normalized spacial score (nSPS) is 19.9. The molecule has 5 heterocycles. The van der Waals surface area contributed by atoms with Crippen molar-refractivity contribution in [2.45, 2.75) is 76.8 Å². The van der Waals surface area contributed by atoms with Crippen LogP contribution in [0.3, 0.4) is 0 Å². The highest BCUT2D eigenvalue weighted by atomic mass is 32.1. The Hall–Kier alpha value is -3.74. The number of aromatic nitrogens is 3. The van der Waals surface area contributed by atoms with Crippen LogP contribution in [0, 0.1) is 6.92 Å². The van der Waals surface area contributed by atoms with Crippen LogP contribution in [0.4, 0.5) is 0 Å².